The SMILES string of the molecule is Cc1nc(N2CCN(Cc3ccco3)CC2)c2cnn(C)c2n1. The zero-order valence-electron chi connectivity index (χ0n) is 13.4. The summed E-state index contributed by atoms with van der Waals surface area (Å²) in [6, 6.07) is 3.97. The van der Waals surface area contributed by atoms with Crippen LogP contribution in [0.3, 0.4) is 0 Å². The Morgan fingerprint density at radius 1 is 1.17 bits per heavy atom. The van der Waals surface area contributed by atoms with E-state index in [9.17, 15) is 0 Å². The molecule has 0 unspecified atom stereocenters. The van der Waals surface area contributed by atoms with Crippen LogP contribution in [-0.2, 0) is 13.6 Å². The molecule has 1 saturated heterocycles. The predicted molar refractivity (Wildman–Crippen MR) is 87.2 cm³/mol. The molecule has 0 atom stereocenters. The Morgan fingerprint density at radius 2 is 2.00 bits per heavy atom. The molecule has 4 rings (SSSR count). The van der Waals surface area contributed by atoms with Gasteiger partial charge in [0.2, 0.25) is 0 Å². The van der Waals surface area contributed by atoms with Crippen molar-refractivity contribution >= 4 is 16.9 Å². The van der Waals surface area contributed by atoms with E-state index in [1.807, 2.05) is 32.3 Å². The summed E-state index contributed by atoms with van der Waals surface area (Å²) in [6.45, 7) is 6.67. The second-order valence-electron chi connectivity index (χ2n) is 5.94. The van der Waals surface area contributed by atoms with Crippen molar-refractivity contribution in [1.29, 1.82) is 0 Å². The number of hydrogen-bond donors (Lipinski definition) is 0. The molecular weight excluding hydrogens is 292 g/mol. The summed E-state index contributed by atoms with van der Waals surface area (Å²) < 4.78 is 7.24. The molecule has 1 aliphatic rings. The van der Waals surface area contributed by atoms with E-state index in [1.165, 1.54) is 0 Å². The van der Waals surface area contributed by atoms with E-state index < -0.39 is 0 Å². The van der Waals surface area contributed by atoms with Gasteiger partial charge in [0.15, 0.2) is 5.65 Å². The third kappa shape index (κ3) is 2.68. The number of nitrogens with zero attached hydrogens (tertiary/aromatic N) is 6. The van der Waals surface area contributed by atoms with Crippen molar-refractivity contribution < 1.29 is 4.42 Å². The smallest absolute Gasteiger partial charge is 0.163 e. The first-order valence-electron chi connectivity index (χ1n) is 7.87. The monoisotopic (exact) mass is 312 g/mol. The molecule has 0 aromatic carbocycles. The Labute approximate surface area is 134 Å². The third-order valence-corrected chi connectivity index (χ3v) is 4.32. The van der Waals surface area contributed by atoms with Crippen LogP contribution < -0.4 is 4.90 Å². The Kier molecular flexibility index (Phi) is 3.49. The number of aromatic nitrogens is 4. The van der Waals surface area contributed by atoms with E-state index in [2.05, 4.69) is 24.9 Å². The van der Waals surface area contributed by atoms with Crippen molar-refractivity contribution in [1.82, 2.24) is 24.6 Å². The van der Waals surface area contributed by atoms with Crippen LogP contribution in [0.15, 0.2) is 29.0 Å². The molecule has 0 bridgehead atoms. The highest BCUT2D eigenvalue weighted by Gasteiger charge is 2.22. The zero-order chi connectivity index (χ0) is 15.8. The van der Waals surface area contributed by atoms with Gasteiger partial charge in [0.1, 0.15) is 17.4 Å². The Morgan fingerprint density at radius 3 is 2.74 bits per heavy atom. The fourth-order valence-electron chi connectivity index (χ4n) is 3.09. The minimum absolute atomic E-state index is 0.786. The van der Waals surface area contributed by atoms with Crippen LogP contribution in [0.4, 0.5) is 5.82 Å². The van der Waals surface area contributed by atoms with Gasteiger partial charge in [-0.05, 0) is 19.1 Å². The van der Waals surface area contributed by atoms with Crippen molar-refractivity contribution in [2.45, 2.75) is 13.5 Å². The second kappa shape index (κ2) is 5.66. The number of anilines is 1. The van der Waals surface area contributed by atoms with E-state index in [0.29, 0.717) is 0 Å². The van der Waals surface area contributed by atoms with E-state index in [4.69, 9.17) is 4.42 Å². The fourth-order valence-corrected chi connectivity index (χ4v) is 3.09. The van der Waals surface area contributed by atoms with Gasteiger partial charge in [-0.25, -0.2) is 9.97 Å². The molecule has 0 radical (unpaired) electrons. The van der Waals surface area contributed by atoms with Gasteiger partial charge in [0.05, 0.1) is 24.4 Å². The lowest BCUT2D eigenvalue weighted by molar-refractivity contribution is 0.230. The first-order valence-corrected chi connectivity index (χ1v) is 7.87. The van der Waals surface area contributed by atoms with Crippen LogP contribution in [0.25, 0.3) is 11.0 Å². The van der Waals surface area contributed by atoms with Crippen LogP contribution in [0.2, 0.25) is 0 Å². The normalized spacial score (nSPS) is 16.3. The maximum atomic E-state index is 5.44. The number of aryl methyl sites for hydroxylation is 2. The Hall–Kier alpha value is -2.41. The van der Waals surface area contributed by atoms with Gasteiger partial charge in [0.25, 0.3) is 0 Å². The van der Waals surface area contributed by atoms with Gasteiger partial charge in [0, 0.05) is 33.2 Å². The van der Waals surface area contributed by atoms with Crippen molar-refractivity contribution in [3.8, 4) is 0 Å². The molecule has 1 fully saturated rings. The average molecular weight is 312 g/mol. The van der Waals surface area contributed by atoms with Crippen molar-refractivity contribution in [3.05, 3.63) is 36.2 Å². The van der Waals surface area contributed by atoms with Crippen LogP contribution in [0.5, 0.6) is 0 Å². The van der Waals surface area contributed by atoms with Crippen molar-refractivity contribution in [2.24, 2.45) is 7.05 Å². The van der Waals surface area contributed by atoms with Crippen LogP contribution >= 0.6 is 0 Å². The lowest BCUT2D eigenvalue weighted by Gasteiger charge is -2.35. The molecule has 120 valence electrons. The highest BCUT2D eigenvalue weighted by molar-refractivity contribution is 5.87. The first-order chi connectivity index (χ1) is 11.2. The lowest BCUT2D eigenvalue weighted by atomic mass is 10.2. The molecule has 3 aromatic heterocycles. The molecule has 7 nitrogen and oxygen atoms in total. The van der Waals surface area contributed by atoms with Crippen LogP contribution in [0.1, 0.15) is 11.6 Å². The van der Waals surface area contributed by atoms with E-state index in [1.54, 1.807) is 10.9 Å². The number of rotatable bonds is 3. The van der Waals surface area contributed by atoms with Crippen LogP contribution in [0, 0.1) is 6.92 Å². The molecule has 1 aliphatic heterocycles. The summed E-state index contributed by atoms with van der Waals surface area (Å²) in [7, 11) is 1.92. The van der Waals surface area contributed by atoms with Crippen molar-refractivity contribution in [2.75, 3.05) is 31.1 Å². The number of hydrogen-bond acceptors (Lipinski definition) is 6. The number of fused-ring (bicyclic) bond motifs is 1. The summed E-state index contributed by atoms with van der Waals surface area (Å²) in [4.78, 5) is 13.9. The van der Waals surface area contributed by atoms with Crippen molar-refractivity contribution in [3.63, 3.8) is 0 Å². The van der Waals surface area contributed by atoms with Crippen LogP contribution in [-0.4, -0.2) is 50.8 Å². The fraction of sp³-hybridized carbons (Fsp3) is 0.438. The highest BCUT2D eigenvalue weighted by Crippen LogP contribution is 2.24. The molecule has 0 aliphatic carbocycles. The summed E-state index contributed by atoms with van der Waals surface area (Å²) >= 11 is 0. The summed E-state index contributed by atoms with van der Waals surface area (Å²) in [6.07, 6.45) is 3.59. The second-order valence-corrected chi connectivity index (χ2v) is 5.94. The summed E-state index contributed by atoms with van der Waals surface area (Å²) in [5.74, 6) is 2.80. The summed E-state index contributed by atoms with van der Waals surface area (Å²) in [5.41, 5.74) is 0.894. The highest BCUT2D eigenvalue weighted by atomic mass is 16.3. The van der Waals surface area contributed by atoms with Gasteiger partial charge in [-0.1, -0.05) is 0 Å². The Balaban J connectivity index is 1.52. The van der Waals surface area contributed by atoms with Gasteiger partial charge in [-0.2, -0.15) is 5.10 Å². The molecule has 7 heteroatoms. The molecule has 0 saturated carbocycles. The van der Waals surface area contributed by atoms with Gasteiger partial charge in [-0.3, -0.25) is 9.58 Å². The van der Waals surface area contributed by atoms with E-state index >= 15 is 0 Å². The number of piperazine rings is 1. The van der Waals surface area contributed by atoms with E-state index in [-0.39, 0.29) is 0 Å². The minimum atomic E-state index is 0.786. The predicted octanol–water partition coefficient (Wildman–Crippen LogP) is 1.59. The maximum Gasteiger partial charge on any atom is 0.163 e. The first kappa shape index (κ1) is 14.2. The average Bonchev–Trinajstić information content (AvgIpc) is 3.18. The topological polar surface area (TPSA) is 63.2 Å². The standard InChI is InChI=1S/C16H20N6O/c1-12-18-15-14(10-17-20(15)2)16(19-12)22-7-5-21(6-8-22)11-13-4-3-9-23-13/h3-4,9-10H,5-8,11H2,1-2H3. The van der Waals surface area contributed by atoms with Gasteiger partial charge < -0.3 is 9.32 Å². The molecule has 3 aromatic rings. The number of furan rings is 1. The van der Waals surface area contributed by atoms with Gasteiger partial charge >= 0.3 is 0 Å². The molecular formula is C16H20N6O. The van der Waals surface area contributed by atoms with E-state index in [0.717, 1.165) is 61.2 Å². The maximum absolute atomic E-state index is 5.44. The quantitative estimate of drug-likeness (QED) is 0.732. The third-order valence-electron chi connectivity index (χ3n) is 4.32. The largest absolute Gasteiger partial charge is 0.468 e. The zero-order valence-corrected chi connectivity index (χ0v) is 13.4. The molecule has 0 amide bonds. The Bertz CT molecular complexity index is 801. The minimum Gasteiger partial charge on any atom is -0.468 e. The lowest BCUT2D eigenvalue weighted by Crippen LogP contribution is -2.46. The molecule has 0 spiro atoms. The molecule has 0 N–H and O–H groups in total. The van der Waals surface area contributed by atoms with Gasteiger partial charge in [-0.15, -0.1) is 0 Å². The molecule has 4 heterocycles. The molecule has 23 heavy (non-hydrogen) atoms. The summed E-state index contributed by atoms with van der Waals surface area (Å²) in [5, 5.41) is 5.35.